The van der Waals surface area contributed by atoms with Gasteiger partial charge in [0.15, 0.2) is 5.82 Å². The molecule has 0 spiro atoms. The monoisotopic (exact) mass is 331 g/mol. The number of carbonyl (C=O) groups is 1. The molecule has 2 N–H and O–H groups in total. The molecule has 0 bridgehead atoms. The lowest BCUT2D eigenvalue weighted by molar-refractivity contribution is -0.137. The molecule has 2 aromatic rings. The van der Waals surface area contributed by atoms with Gasteiger partial charge in [0.1, 0.15) is 11.9 Å². The van der Waals surface area contributed by atoms with Gasteiger partial charge >= 0.3 is 0 Å². The minimum atomic E-state index is -0.221. The number of morpholine rings is 1. The predicted octanol–water partition coefficient (Wildman–Crippen LogP) is 0.734. The fourth-order valence-electron chi connectivity index (χ4n) is 2.52. The first-order chi connectivity index (χ1) is 11.7. The first-order valence-electron chi connectivity index (χ1n) is 7.88. The first-order valence-corrected chi connectivity index (χ1v) is 7.88. The average Bonchev–Trinajstić information content (AvgIpc) is 3.03. The molecule has 1 aliphatic rings. The highest BCUT2D eigenvalue weighted by atomic mass is 16.6. The highest BCUT2D eigenvalue weighted by Gasteiger charge is 2.26. The van der Waals surface area contributed by atoms with Crippen LogP contribution in [0.5, 0.6) is 0 Å². The molecule has 1 aliphatic heterocycles. The normalized spacial score (nSPS) is 18.5. The van der Waals surface area contributed by atoms with E-state index < -0.39 is 0 Å². The zero-order valence-corrected chi connectivity index (χ0v) is 13.6. The molecule has 0 radical (unpaired) electrons. The van der Waals surface area contributed by atoms with Crippen LogP contribution in [0.25, 0.3) is 0 Å². The summed E-state index contributed by atoms with van der Waals surface area (Å²) < 4.78 is 5.68. The number of aromatic amines is 1. The summed E-state index contributed by atoms with van der Waals surface area (Å²) in [6.07, 6.45) is -0.221. The van der Waals surface area contributed by atoms with Crippen LogP contribution >= 0.6 is 0 Å². The van der Waals surface area contributed by atoms with Gasteiger partial charge in [-0.3, -0.25) is 19.6 Å². The minimum Gasteiger partial charge on any atom is -0.367 e. The Morgan fingerprint density at radius 1 is 1.46 bits per heavy atom. The predicted molar refractivity (Wildman–Crippen MR) is 85.6 cm³/mol. The first kappa shape index (κ1) is 16.6. The van der Waals surface area contributed by atoms with E-state index in [-0.39, 0.29) is 18.6 Å². The average molecular weight is 331 g/mol. The number of carbonyl (C=O) groups excluding carboxylic acids is 1. The van der Waals surface area contributed by atoms with Crippen molar-refractivity contribution in [3.63, 3.8) is 0 Å². The highest BCUT2D eigenvalue weighted by Crippen LogP contribution is 2.18. The van der Waals surface area contributed by atoms with Crippen molar-refractivity contribution in [3.05, 3.63) is 47.5 Å². The zero-order valence-electron chi connectivity index (χ0n) is 13.6. The molecule has 1 atom stereocenters. The summed E-state index contributed by atoms with van der Waals surface area (Å²) in [6, 6.07) is 9.68. The largest absolute Gasteiger partial charge is 0.367 e. The van der Waals surface area contributed by atoms with Gasteiger partial charge in [0.2, 0.25) is 0 Å². The summed E-state index contributed by atoms with van der Waals surface area (Å²) in [5.41, 5.74) is 3.48. The van der Waals surface area contributed by atoms with Crippen molar-refractivity contribution in [2.75, 3.05) is 26.2 Å². The zero-order chi connectivity index (χ0) is 16.8. The Kier molecular flexibility index (Phi) is 5.52. The molecule has 1 aromatic heterocycles. The second-order valence-corrected chi connectivity index (χ2v) is 5.67. The lowest BCUT2D eigenvalue weighted by atomic mass is 10.2. The van der Waals surface area contributed by atoms with Gasteiger partial charge < -0.3 is 4.74 Å². The Hall–Kier alpha value is -2.29. The number of aryl methyl sites for hydroxylation is 1. The molecule has 1 unspecified atom stereocenters. The SMILES string of the molecule is Cc1nc(C2CN(CC(=O)NOCc3ccccc3)CCO2)n[nH]1. The van der Waals surface area contributed by atoms with Gasteiger partial charge in [-0.15, -0.1) is 0 Å². The molecule has 1 amide bonds. The van der Waals surface area contributed by atoms with Crippen LogP contribution in [-0.2, 0) is 21.0 Å². The van der Waals surface area contributed by atoms with Gasteiger partial charge in [-0.05, 0) is 12.5 Å². The second kappa shape index (κ2) is 8.00. The third-order valence-corrected chi connectivity index (χ3v) is 3.69. The number of aromatic nitrogens is 3. The molecule has 0 aliphatic carbocycles. The molecule has 8 nitrogen and oxygen atoms in total. The van der Waals surface area contributed by atoms with Crippen LogP contribution < -0.4 is 5.48 Å². The summed E-state index contributed by atoms with van der Waals surface area (Å²) in [5.74, 6) is 1.19. The molecule has 24 heavy (non-hydrogen) atoms. The van der Waals surface area contributed by atoms with E-state index in [2.05, 4.69) is 20.7 Å². The van der Waals surface area contributed by atoms with Crippen LogP contribution in [-0.4, -0.2) is 52.2 Å². The Morgan fingerprint density at radius 3 is 3.04 bits per heavy atom. The van der Waals surface area contributed by atoms with Gasteiger partial charge in [-0.25, -0.2) is 10.5 Å². The van der Waals surface area contributed by atoms with Crippen LogP contribution in [0.15, 0.2) is 30.3 Å². The molecule has 0 saturated carbocycles. The van der Waals surface area contributed by atoms with Crippen LogP contribution in [0.3, 0.4) is 0 Å². The summed E-state index contributed by atoms with van der Waals surface area (Å²) in [4.78, 5) is 23.5. The van der Waals surface area contributed by atoms with Crippen molar-refractivity contribution in [2.45, 2.75) is 19.6 Å². The van der Waals surface area contributed by atoms with Crippen molar-refractivity contribution < 1.29 is 14.4 Å². The van der Waals surface area contributed by atoms with Crippen LogP contribution in [0, 0.1) is 6.92 Å². The topological polar surface area (TPSA) is 92.4 Å². The molecule has 8 heteroatoms. The third kappa shape index (κ3) is 4.60. The number of rotatable bonds is 6. The number of benzene rings is 1. The van der Waals surface area contributed by atoms with E-state index in [0.717, 1.165) is 11.4 Å². The third-order valence-electron chi connectivity index (χ3n) is 3.69. The van der Waals surface area contributed by atoms with Crippen molar-refractivity contribution in [2.24, 2.45) is 0 Å². The number of H-pyrrole nitrogens is 1. The fraction of sp³-hybridized carbons (Fsp3) is 0.438. The standard InChI is InChI=1S/C16H21N5O3/c1-12-17-16(19-18-12)14-9-21(7-8-23-14)10-15(22)20-24-11-13-5-3-2-4-6-13/h2-6,14H,7-11H2,1H3,(H,20,22)(H,17,18,19). The van der Waals surface area contributed by atoms with Crippen LogP contribution in [0.1, 0.15) is 23.3 Å². The van der Waals surface area contributed by atoms with Gasteiger partial charge in [0.25, 0.3) is 5.91 Å². The maximum absolute atomic E-state index is 12.0. The lowest BCUT2D eigenvalue weighted by Gasteiger charge is -2.30. The summed E-state index contributed by atoms with van der Waals surface area (Å²) in [7, 11) is 0. The number of nitrogens with zero attached hydrogens (tertiary/aromatic N) is 3. The molecular formula is C16H21N5O3. The number of amides is 1. The van der Waals surface area contributed by atoms with Gasteiger partial charge in [0, 0.05) is 13.1 Å². The maximum Gasteiger partial charge on any atom is 0.257 e. The quantitative estimate of drug-likeness (QED) is 0.758. The van der Waals surface area contributed by atoms with Crippen LogP contribution in [0.4, 0.5) is 0 Å². The molecule has 1 saturated heterocycles. The summed E-state index contributed by atoms with van der Waals surface area (Å²) in [6.45, 7) is 4.23. The Morgan fingerprint density at radius 2 is 2.29 bits per heavy atom. The van der Waals surface area contributed by atoms with E-state index >= 15 is 0 Å². The van der Waals surface area contributed by atoms with E-state index in [9.17, 15) is 4.79 Å². The van der Waals surface area contributed by atoms with E-state index in [4.69, 9.17) is 9.57 Å². The van der Waals surface area contributed by atoms with E-state index in [1.807, 2.05) is 42.2 Å². The van der Waals surface area contributed by atoms with Crippen molar-refractivity contribution in [1.82, 2.24) is 25.6 Å². The summed E-state index contributed by atoms with van der Waals surface area (Å²) >= 11 is 0. The number of ether oxygens (including phenoxy) is 1. The van der Waals surface area contributed by atoms with Crippen molar-refractivity contribution >= 4 is 5.91 Å². The Balaban J connectivity index is 1.42. The number of nitrogens with one attached hydrogen (secondary N) is 2. The molecule has 2 heterocycles. The second-order valence-electron chi connectivity index (χ2n) is 5.67. The number of hydroxylamine groups is 1. The maximum atomic E-state index is 12.0. The lowest BCUT2D eigenvalue weighted by Crippen LogP contribution is -2.44. The molecule has 3 rings (SSSR count). The molecule has 1 aromatic carbocycles. The van der Waals surface area contributed by atoms with Gasteiger partial charge in [-0.2, -0.15) is 5.10 Å². The van der Waals surface area contributed by atoms with E-state index in [0.29, 0.717) is 32.1 Å². The minimum absolute atomic E-state index is 0.183. The fourth-order valence-corrected chi connectivity index (χ4v) is 2.52. The molecular weight excluding hydrogens is 310 g/mol. The van der Waals surface area contributed by atoms with Crippen molar-refractivity contribution in [1.29, 1.82) is 0 Å². The number of hydrogen-bond acceptors (Lipinski definition) is 6. The molecule has 128 valence electrons. The van der Waals surface area contributed by atoms with Gasteiger partial charge in [0.05, 0.1) is 19.8 Å². The highest BCUT2D eigenvalue weighted by molar-refractivity contribution is 5.76. The van der Waals surface area contributed by atoms with Crippen LogP contribution in [0.2, 0.25) is 0 Å². The van der Waals surface area contributed by atoms with Gasteiger partial charge in [-0.1, -0.05) is 30.3 Å². The Labute approximate surface area is 140 Å². The smallest absolute Gasteiger partial charge is 0.257 e. The molecule has 1 fully saturated rings. The van der Waals surface area contributed by atoms with E-state index in [1.165, 1.54) is 0 Å². The van der Waals surface area contributed by atoms with E-state index in [1.54, 1.807) is 0 Å². The summed E-state index contributed by atoms with van der Waals surface area (Å²) in [5, 5.41) is 6.93. The Bertz CT molecular complexity index is 661. The number of hydrogen-bond donors (Lipinski definition) is 2. The van der Waals surface area contributed by atoms with Crippen molar-refractivity contribution in [3.8, 4) is 0 Å².